The van der Waals surface area contributed by atoms with Crippen LogP contribution in [0, 0.1) is 10.1 Å². The molecule has 1 atom stereocenters. The fourth-order valence-corrected chi connectivity index (χ4v) is 2.61. The van der Waals surface area contributed by atoms with Gasteiger partial charge in [-0.1, -0.05) is 6.92 Å². The van der Waals surface area contributed by atoms with E-state index in [1.165, 1.54) is 19.6 Å². The molecular formula is C14H21N3O3. The van der Waals surface area contributed by atoms with Gasteiger partial charge in [0.1, 0.15) is 0 Å². The van der Waals surface area contributed by atoms with Gasteiger partial charge >= 0.3 is 5.69 Å². The number of piperidine rings is 1. The second-order valence-electron chi connectivity index (χ2n) is 5.02. The number of rotatable bonds is 5. The van der Waals surface area contributed by atoms with Gasteiger partial charge in [0.15, 0.2) is 5.75 Å². The summed E-state index contributed by atoms with van der Waals surface area (Å²) in [5, 5.41) is 14.3. The normalized spacial score (nSPS) is 19.6. The van der Waals surface area contributed by atoms with E-state index in [-0.39, 0.29) is 5.69 Å². The molecule has 1 aliphatic rings. The maximum Gasteiger partial charge on any atom is 0.311 e. The van der Waals surface area contributed by atoms with Crippen molar-refractivity contribution in [3.8, 4) is 5.75 Å². The summed E-state index contributed by atoms with van der Waals surface area (Å²) in [6.07, 6.45) is 2.30. The number of benzene rings is 1. The Hall–Kier alpha value is -1.82. The number of hydrogen-bond acceptors (Lipinski definition) is 5. The second kappa shape index (κ2) is 6.56. The third-order valence-corrected chi connectivity index (χ3v) is 3.70. The molecule has 20 heavy (non-hydrogen) atoms. The first-order chi connectivity index (χ1) is 9.63. The molecule has 0 saturated carbocycles. The average Bonchev–Trinajstić information content (AvgIpc) is 2.47. The molecule has 0 aromatic heterocycles. The quantitative estimate of drug-likeness (QED) is 0.662. The van der Waals surface area contributed by atoms with Crippen LogP contribution in [0.3, 0.4) is 0 Å². The SMILES string of the molecule is CCN1CCCC(Nc2ccc([N+](=O)[O-])c(OC)c2)C1. The average molecular weight is 279 g/mol. The Bertz CT molecular complexity index is 479. The van der Waals surface area contributed by atoms with Crippen LogP contribution in [0.2, 0.25) is 0 Å². The van der Waals surface area contributed by atoms with E-state index in [2.05, 4.69) is 17.1 Å². The Morgan fingerprint density at radius 1 is 1.55 bits per heavy atom. The lowest BCUT2D eigenvalue weighted by Gasteiger charge is -2.32. The van der Waals surface area contributed by atoms with Gasteiger partial charge in [-0.05, 0) is 32.0 Å². The van der Waals surface area contributed by atoms with Crippen LogP contribution in [0.4, 0.5) is 11.4 Å². The van der Waals surface area contributed by atoms with E-state index >= 15 is 0 Å². The number of methoxy groups -OCH3 is 1. The van der Waals surface area contributed by atoms with Crippen molar-refractivity contribution in [2.45, 2.75) is 25.8 Å². The first kappa shape index (κ1) is 14.6. The summed E-state index contributed by atoms with van der Waals surface area (Å²) in [7, 11) is 1.45. The van der Waals surface area contributed by atoms with Crippen LogP contribution < -0.4 is 10.1 Å². The summed E-state index contributed by atoms with van der Waals surface area (Å²) in [5.41, 5.74) is 0.868. The summed E-state index contributed by atoms with van der Waals surface area (Å²) in [4.78, 5) is 12.8. The molecule has 1 fully saturated rings. The van der Waals surface area contributed by atoms with Crippen LogP contribution in [-0.4, -0.2) is 42.6 Å². The van der Waals surface area contributed by atoms with Crippen LogP contribution in [0.15, 0.2) is 18.2 Å². The molecule has 1 aromatic rings. The number of anilines is 1. The molecule has 1 saturated heterocycles. The predicted octanol–water partition coefficient (Wildman–Crippen LogP) is 2.50. The smallest absolute Gasteiger partial charge is 0.311 e. The minimum Gasteiger partial charge on any atom is -0.490 e. The van der Waals surface area contributed by atoms with Gasteiger partial charge in [-0.2, -0.15) is 0 Å². The molecular weight excluding hydrogens is 258 g/mol. The molecule has 0 bridgehead atoms. The van der Waals surface area contributed by atoms with Crippen molar-refractivity contribution >= 4 is 11.4 Å². The zero-order chi connectivity index (χ0) is 14.5. The van der Waals surface area contributed by atoms with E-state index in [1.807, 2.05) is 0 Å². The van der Waals surface area contributed by atoms with E-state index in [4.69, 9.17) is 4.74 Å². The van der Waals surface area contributed by atoms with Crippen molar-refractivity contribution in [1.29, 1.82) is 0 Å². The van der Waals surface area contributed by atoms with Crippen molar-refractivity contribution in [1.82, 2.24) is 4.90 Å². The lowest BCUT2D eigenvalue weighted by atomic mass is 10.1. The molecule has 1 aromatic carbocycles. The zero-order valence-electron chi connectivity index (χ0n) is 12.0. The van der Waals surface area contributed by atoms with Crippen molar-refractivity contribution in [2.24, 2.45) is 0 Å². The molecule has 2 rings (SSSR count). The van der Waals surface area contributed by atoms with Crippen LogP contribution in [-0.2, 0) is 0 Å². The van der Waals surface area contributed by atoms with E-state index in [1.54, 1.807) is 12.1 Å². The van der Waals surface area contributed by atoms with Gasteiger partial charge in [0.05, 0.1) is 12.0 Å². The third-order valence-electron chi connectivity index (χ3n) is 3.70. The van der Waals surface area contributed by atoms with Gasteiger partial charge in [-0.15, -0.1) is 0 Å². The molecule has 0 spiro atoms. The molecule has 1 aliphatic heterocycles. The molecule has 0 radical (unpaired) electrons. The molecule has 6 heteroatoms. The number of hydrogen-bond donors (Lipinski definition) is 1. The summed E-state index contributed by atoms with van der Waals surface area (Å²) in [6.45, 7) is 5.38. The predicted molar refractivity (Wildman–Crippen MR) is 78.4 cm³/mol. The van der Waals surface area contributed by atoms with Crippen LogP contribution in [0.25, 0.3) is 0 Å². The molecule has 1 unspecified atom stereocenters. The van der Waals surface area contributed by atoms with Gasteiger partial charge in [0.25, 0.3) is 0 Å². The highest BCUT2D eigenvalue weighted by atomic mass is 16.6. The monoisotopic (exact) mass is 279 g/mol. The highest BCUT2D eigenvalue weighted by Crippen LogP contribution is 2.30. The number of likely N-dealkylation sites (tertiary alicyclic amines) is 1. The van der Waals surface area contributed by atoms with Gasteiger partial charge in [0, 0.05) is 30.4 Å². The number of nitro benzene ring substituents is 1. The van der Waals surface area contributed by atoms with Crippen molar-refractivity contribution < 1.29 is 9.66 Å². The number of nitro groups is 1. The summed E-state index contributed by atoms with van der Waals surface area (Å²) in [6, 6.07) is 5.31. The molecule has 0 aliphatic carbocycles. The lowest BCUT2D eigenvalue weighted by molar-refractivity contribution is -0.385. The highest BCUT2D eigenvalue weighted by molar-refractivity contribution is 5.58. The topological polar surface area (TPSA) is 67.6 Å². The summed E-state index contributed by atoms with van der Waals surface area (Å²) < 4.78 is 5.09. The van der Waals surface area contributed by atoms with E-state index in [0.717, 1.165) is 31.7 Å². The first-order valence-corrected chi connectivity index (χ1v) is 6.95. The molecule has 0 amide bonds. The number of nitrogens with one attached hydrogen (secondary N) is 1. The van der Waals surface area contributed by atoms with E-state index in [0.29, 0.717) is 11.8 Å². The standard InChI is InChI=1S/C14H21N3O3/c1-3-16-8-4-5-12(10-16)15-11-6-7-13(17(18)19)14(9-11)20-2/h6-7,9,12,15H,3-5,8,10H2,1-2H3. The Morgan fingerprint density at radius 2 is 2.35 bits per heavy atom. The highest BCUT2D eigenvalue weighted by Gasteiger charge is 2.20. The first-order valence-electron chi connectivity index (χ1n) is 6.95. The Balaban J connectivity index is 2.07. The minimum absolute atomic E-state index is 0.00289. The van der Waals surface area contributed by atoms with Gasteiger partial charge in [-0.25, -0.2) is 0 Å². The number of ether oxygens (including phenoxy) is 1. The van der Waals surface area contributed by atoms with Crippen LogP contribution >= 0.6 is 0 Å². The maximum atomic E-state index is 10.9. The fraction of sp³-hybridized carbons (Fsp3) is 0.571. The Morgan fingerprint density at radius 3 is 3.00 bits per heavy atom. The second-order valence-corrected chi connectivity index (χ2v) is 5.02. The third kappa shape index (κ3) is 3.39. The molecule has 1 heterocycles. The van der Waals surface area contributed by atoms with Crippen molar-refractivity contribution in [3.63, 3.8) is 0 Å². The van der Waals surface area contributed by atoms with Crippen LogP contribution in [0.1, 0.15) is 19.8 Å². The zero-order valence-corrected chi connectivity index (χ0v) is 12.0. The maximum absolute atomic E-state index is 10.9. The van der Waals surface area contributed by atoms with Crippen molar-refractivity contribution in [2.75, 3.05) is 32.1 Å². The summed E-state index contributed by atoms with van der Waals surface area (Å²) >= 11 is 0. The largest absolute Gasteiger partial charge is 0.490 e. The van der Waals surface area contributed by atoms with Crippen molar-refractivity contribution in [3.05, 3.63) is 28.3 Å². The summed E-state index contributed by atoms with van der Waals surface area (Å²) in [5.74, 6) is 0.295. The van der Waals surface area contributed by atoms with Gasteiger partial charge < -0.3 is 15.0 Å². The van der Waals surface area contributed by atoms with Gasteiger partial charge in [0.2, 0.25) is 0 Å². The van der Waals surface area contributed by atoms with E-state index < -0.39 is 4.92 Å². The number of nitrogens with zero attached hydrogens (tertiary/aromatic N) is 2. The molecule has 1 N–H and O–H groups in total. The fourth-order valence-electron chi connectivity index (χ4n) is 2.61. The van der Waals surface area contributed by atoms with E-state index in [9.17, 15) is 10.1 Å². The minimum atomic E-state index is -0.429. The molecule has 110 valence electrons. The lowest BCUT2D eigenvalue weighted by Crippen LogP contribution is -2.41. The van der Waals surface area contributed by atoms with Gasteiger partial charge in [-0.3, -0.25) is 10.1 Å². The number of likely N-dealkylation sites (N-methyl/N-ethyl adjacent to an activating group) is 1. The Kier molecular flexibility index (Phi) is 4.79. The van der Waals surface area contributed by atoms with Crippen LogP contribution in [0.5, 0.6) is 5.75 Å². The Labute approximate surface area is 118 Å². The molecule has 6 nitrogen and oxygen atoms in total.